The first-order valence-electron chi connectivity index (χ1n) is 9.22. The normalized spacial score (nSPS) is 14.6. The van der Waals surface area contributed by atoms with Gasteiger partial charge in [-0.3, -0.25) is 0 Å². The Labute approximate surface area is 133 Å². The molecule has 0 rings (SSSR count). The molecule has 21 heavy (non-hydrogen) atoms. The lowest BCUT2D eigenvalue weighted by atomic mass is 9.99. The SMILES string of the molecule is CCCCC(CC)CNC(CC)NN(CCC)NCCC. The second-order valence-electron chi connectivity index (χ2n) is 5.97. The molecular weight excluding hydrogens is 260 g/mol. The second kappa shape index (κ2) is 14.8. The minimum atomic E-state index is 0.358. The van der Waals surface area contributed by atoms with Crippen LogP contribution in [0.25, 0.3) is 0 Å². The standard InChI is InChI=1S/C17H40N4/c1-6-11-12-16(9-4)15-18-17(10-5)20-21(14-8-3)19-13-7-2/h16-20H,6-15H2,1-5H3. The lowest BCUT2D eigenvalue weighted by Crippen LogP contribution is -2.57. The summed E-state index contributed by atoms with van der Waals surface area (Å²) < 4.78 is 0. The fourth-order valence-electron chi connectivity index (χ4n) is 2.38. The summed E-state index contributed by atoms with van der Waals surface area (Å²) in [5.74, 6) is 0.809. The molecule has 0 aliphatic rings. The molecule has 4 heteroatoms. The van der Waals surface area contributed by atoms with Crippen LogP contribution in [-0.4, -0.2) is 30.9 Å². The molecule has 0 heterocycles. The van der Waals surface area contributed by atoms with Gasteiger partial charge in [-0.25, -0.2) is 10.9 Å². The average molecular weight is 301 g/mol. The zero-order valence-electron chi connectivity index (χ0n) is 15.2. The van der Waals surface area contributed by atoms with E-state index in [1.165, 1.54) is 25.7 Å². The largest absolute Gasteiger partial charge is 0.301 e. The molecule has 0 spiro atoms. The van der Waals surface area contributed by atoms with E-state index in [1.54, 1.807) is 0 Å². The van der Waals surface area contributed by atoms with Gasteiger partial charge < -0.3 is 5.32 Å². The van der Waals surface area contributed by atoms with E-state index in [9.17, 15) is 0 Å². The fourth-order valence-corrected chi connectivity index (χ4v) is 2.38. The highest BCUT2D eigenvalue weighted by atomic mass is 15.7. The highest BCUT2D eigenvalue weighted by Gasteiger charge is 2.12. The first-order chi connectivity index (χ1) is 10.2. The van der Waals surface area contributed by atoms with Crippen molar-refractivity contribution < 1.29 is 0 Å². The summed E-state index contributed by atoms with van der Waals surface area (Å²) in [5.41, 5.74) is 7.04. The van der Waals surface area contributed by atoms with Crippen molar-refractivity contribution in [3.63, 3.8) is 0 Å². The van der Waals surface area contributed by atoms with Crippen LogP contribution in [0.1, 0.15) is 79.6 Å². The molecule has 0 aliphatic heterocycles. The van der Waals surface area contributed by atoms with Crippen LogP contribution < -0.4 is 16.2 Å². The van der Waals surface area contributed by atoms with E-state index in [0.29, 0.717) is 6.17 Å². The summed E-state index contributed by atoms with van der Waals surface area (Å²) in [6.45, 7) is 14.4. The van der Waals surface area contributed by atoms with Crippen LogP contribution in [0.3, 0.4) is 0 Å². The second-order valence-corrected chi connectivity index (χ2v) is 5.97. The van der Waals surface area contributed by atoms with Gasteiger partial charge in [0.25, 0.3) is 0 Å². The molecule has 0 saturated heterocycles. The molecule has 128 valence electrons. The molecule has 4 nitrogen and oxygen atoms in total. The third-order valence-corrected chi connectivity index (χ3v) is 3.92. The number of nitrogens with zero attached hydrogens (tertiary/aromatic N) is 1. The molecule has 3 N–H and O–H groups in total. The van der Waals surface area contributed by atoms with Crippen LogP contribution in [0.15, 0.2) is 0 Å². The van der Waals surface area contributed by atoms with Gasteiger partial charge in [0.1, 0.15) is 0 Å². The van der Waals surface area contributed by atoms with Crippen LogP contribution in [0.4, 0.5) is 0 Å². The molecule has 0 aromatic carbocycles. The number of hydrazine groups is 2. The summed E-state index contributed by atoms with van der Waals surface area (Å²) >= 11 is 0. The molecule has 0 aromatic heterocycles. The third kappa shape index (κ3) is 11.1. The monoisotopic (exact) mass is 300 g/mol. The Hall–Kier alpha value is -0.160. The summed E-state index contributed by atoms with van der Waals surface area (Å²) in [4.78, 5) is 0. The van der Waals surface area contributed by atoms with Crippen molar-refractivity contribution in [2.75, 3.05) is 19.6 Å². The van der Waals surface area contributed by atoms with Gasteiger partial charge >= 0.3 is 0 Å². The lowest BCUT2D eigenvalue weighted by Gasteiger charge is -2.30. The number of nitrogens with one attached hydrogen (secondary N) is 3. The highest BCUT2D eigenvalue weighted by molar-refractivity contribution is 4.66. The minimum Gasteiger partial charge on any atom is -0.301 e. The van der Waals surface area contributed by atoms with E-state index >= 15 is 0 Å². The predicted molar refractivity (Wildman–Crippen MR) is 93.8 cm³/mol. The van der Waals surface area contributed by atoms with Gasteiger partial charge in [0, 0.05) is 13.1 Å². The molecule has 0 aromatic rings. The maximum absolute atomic E-state index is 3.70. The summed E-state index contributed by atoms with van der Waals surface area (Å²) in [6.07, 6.45) is 9.03. The van der Waals surface area contributed by atoms with Crippen LogP contribution in [-0.2, 0) is 0 Å². The van der Waals surface area contributed by atoms with E-state index in [-0.39, 0.29) is 0 Å². The van der Waals surface area contributed by atoms with Crippen molar-refractivity contribution >= 4 is 0 Å². The molecule has 0 fully saturated rings. The van der Waals surface area contributed by atoms with Gasteiger partial charge in [0.2, 0.25) is 0 Å². The average Bonchev–Trinajstić information content (AvgIpc) is 2.51. The number of hydrogen-bond donors (Lipinski definition) is 3. The molecule has 0 aliphatic carbocycles. The van der Waals surface area contributed by atoms with Crippen molar-refractivity contribution in [1.29, 1.82) is 0 Å². The fraction of sp³-hybridized carbons (Fsp3) is 1.00. The van der Waals surface area contributed by atoms with Crippen LogP contribution >= 0.6 is 0 Å². The molecule has 0 amide bonds. The molecule has 0 bridgehead atoms. The summed E-state index contributed by atoms with van der Waals surface area (Å²) in [5, 5.41) is 5.87. The quantitative estimate of drug-likeness (QED) is 0.319. The van der Waals surface area contributed by atoms with Crippen LogP contribution in [0.5, 0.6) is 0 Å². The maximum Gasteiger partial charge on any atom is 0.0717 e. The van der Waals surface area contributed by atoms with Gasteiger partial charge in [-0.15, -0.1) is 0 Å². The van der Waals surface area contributed by atoms with Crippen molar-refractivity contribution in [3.8, 4) is 0 Å². The summed E-state index contributed by atoms with van der Waals surface area (Å²) in [6, 6.07) is 0. The molecule has 2 unspecified atom stereocenters. The van der Waals surface area contributed by atoms with E-state index in [4.69, 9.17) is 0 Å². The number of hydrogen-bond acceptors (Lipinski definition) is 4. The van der Waals surface area contributed by atoms with E-state index in [1.807, 2.05) is 0 Å². The molecular formula is C17H40N4. The van der Waals surface area contributed by atoms with Crippen molar-refractivity contribution in [2.45, 2.75) is 85.7 Å². The van der Waals surface area contributed by atoms with Crippen molar-refractivity contribution in [2.24, 2.45) is 5.92 Å². The topological polar surface area (TPSA) is 39.3 Å². The molecule has 0 radical (unpaired) electrons. The Bertz CT molecular complexity index is 211. The van der Waals surface area contributed by atoms with Crippen LogP contribution in [0, 0.1) is 5.92 Å². The maximum atomic E-state index is 3.70. The van der Waals surface area contributed by atoms with E-state index < -0.39 is 0 Å². The Morgan fingerprint density at radius 1 is 0.905 bits per heavy atom. The van der Waals surface area contributed by atoms with Gasteiger partial charge in [-0.05, 0) is 38.1 Å². The molecule has 0 saturated carbocycles. The van der Waals surface area contributed by atoms with Crippen molar-refractivity contribution in [1.82, 2.24) is 21.3 Å². The lowest BCUT2D eigenvalue weighted by molar-refractivity contribution is 0.0773. The van der Waals surface area contributed by atoms with Gasteiger partial charge in [0.15, 0.2) is 0 Å². The first-order valence-corrected chi connectivity index (χ1v) is 9.22. The minimum absolute atomic E-state index is 0.358. The third-order valence-electron chi connectivity index (χ3n) is 3.92. The number of rotatable bonds is 15. The molecule has 2 atom stereocenters. The van der Waals surface area contributed by atoms with Crippen molar-refractivity contribution in [3.05, 3.63) is 0 Å². The zero-order chi connectivity index (χ0) is 15.9. The Morgan fingerprint density at radius 2 is 1.67 bits per heavy atom. The smallest absolute Gasteiger partial charge is 0.0717 e. The Kier molecular flexibility index (Phi) is 14.7. The first kappa shape index (κ1) is 20.8. The summed E-state index contributed by atoms with van der Waals surface area (Å²) in [7, 11) is 0. The number of unbranched alkanes of at least 4 members (excludes halogenated alkanes) is 1. The van der Waals surface area contributed by atoms with E-state index in [2.05, 4.69) is 55.9 Å². The van der Waals surface area contributed by atoms with Crippen LogP contribution in [0.2, 0.25) is 0 Å². The Balaban J connectivity index is 4.14. The van der Waals surface area contributed by atoms with Gasteiger partial charge in [0.05, 0.1) is 6.17 Å². The zero-order valence-corrected chi connectivity index (χ0v) is 15.2. The van der Waals surface area contributed by atoms with Gasteiger partial charge in [-0.1, -0.05) is 53.9 Å². The van der Waals surface area contributed by atoms with E-state index in [0.717, 1.165) is 44.8 Å². The van der Waals surface area contributed by atoms with Gasteiger partial charge in [-0.2, -0.15) is 5.12 Å². The predicted octanol–water partition coefficient (Wildman–Crippen LogP) is 3.66. The Morgan fingerprint density at radius 3 is 2.19 bits per heavy atom. The highest BCUT2D eigenvalue weighted by Crippen LogP contribution is 2.11.